The number of aliphatic hydroxyl groups is 1. The van der Waals surface area contributed by atoms with Crippen LogP contribution in [0, 0.1) is 23.7 Å². The molecular formula is C81H158O17P2. The van der Waals surface area contributed by atoms with Crippen LogP contribution in [0.25, 0.3) is 0 Å². The van der Waals surface area contributed by atoms with Gasteiger partial charge in [0, 0.05) is 25.7 Å². The third-order valence-electron chi connectivity index (χ3n) is 19.5. The van der Waals surface area contributed by atoms with Crippen molar-refractivity contribution in [1.29, 1.82) is 0 Å². The predicted molar refractivity (Wildman–Crippen MR) is 409 cm³/mol. The Hall–Kier alpha value is -1.94. The van der Waals surface area contributed by atoms with Crippen molar-refractivity contribution >= 4 is 39.5 Å². The van der Waals surface area contributed by atoms with Gasteiger partial charge in [0.15, 0.2) is 12.2 Å². The summed E-state index contributed by atoms with van der Waals surface area (Å²) >= 11 is 0. The standard InChI is InChI=1S/C81H158O17P2/c1-9-73(7)59-51-43-35-29-23-17-15-13-11-12-14-16-18-24-31-37-47-55-63-80(85)98-77(68-92-79(84)62-54-46-40-39-44-52-60-74(8)10-2)70-96-100(89,90)94-66-75(82)65-93-99(87,88)95-69-76(97-81(86)64-56-48-38-32-26-20-22-28-34-42-50-58-72(5)6)67-91-78(83)61-53-45-36-30-25-19-21-27-33-41-49-57-71(3)4/h71-77,82H,9-70H2,1-8H3,(H,87,88)(H,89,90)/t73?,74?,75-,76-,77-/m1/s1. The predicted octanol–water partition coefficient (Wildman–Crippen LogP) is 24.0. The zero-order valence-corrected chi connectivity index (χ0v) is 67.6. The van der Waals surface area contributed by atoms with Crippen molar-refractivity contribution in [2.75, 3.05) is 39.6 Å². The maximum absolute atomic E-state index is 13.1. The molecule has 0 aliphatic heterocycles. The molecule has 0 aromatic carbocycles. The van der Waals surface area contributed by atoms with E-state index in [0.29, 0.717) is 25.7 Å². The second-order valence-corrected chi connectivity index (χ2v) is 33.5. The third-order valence-corrected chi connectivity index (χ3v) is 21.4. The summed E-state index contributed by atoms with van der Waals surface area (Å²) in [5.41, 5.74) is 0. The molecule has 0 saturated heterocycles. The van der Waals surface area contributed by atoms with E-state index in [1.807, 2.05) is 0 Å². The van der Waals surface area contributed by atoms with Gasteiger partial charge in [-0.05, 0) is 49.4 Å². The van der Waals surface area contributed by atoms with Crippen LogP contribution in [0.5, 0.6) is 0 Å². The number of rotatable bonds is 78. The molecule has 17 nitrogen and oxygen atoms in total. The maximum atomic E-state index is 13.1. The van der Waals surface area contributed by atoms with Gasteiger partial charge >= 0.3 is 39.5 Å². The fraction of sp³-hybridized carbons (Fsp3) is 0.951. The van der Waals surface area contributed by atoms with Gasteiger partial charge in [-0.1, -0.05) is 364 Å². The van der Waals surface area contributed by atoms with E-state index in [4.69, 9.17) is 37.0 Å². The van der Waals surface area contributed by atoms with Gasteiger partial charge in [0.2, 0.25) is 0 Å². The first-order chi connectivity index (χ1) is 48.2. The fourth-order valence-corrected chi connectivity index (χ4v) is 13.9. The Kier molecular flexibility index (Phi) is 68.7. The molecule has 7 atom stereocenters. The van der Waals surface area contributed by atoms with Crippen LogP contribution in [0.3, 0.4) is 0 Å². The zero-order valence-electron chi connectivity index (χ0n) is 65.8. The second kappa shape index (κ2) is 70.1. The summed E-state index contributed by atoms with van der Waals surface area (Å²) in [4.78, 5) is 73.0. The topological polar surface area (TPSA) is 237 Å². The largest absolute Gasteiger partial charge is 0.472 e. The summed E-state index contributed by atoms with van der Waals surface area (Å²) in [6.07, 6.45) is 56.9. The molecule has 0 aliphatic carbocycles. The van der Waals surface area contributed by atoms with Crippen LogP contribution >= 0.6 is 15.6 Å². The molecule has 0 radical (unpaired) electrons. The summed E-state index contributed by atoms with van der Waals surface area (Å²) in [5, 5.41) is 10.6. The number of hydrogen-bond donors (Lipinski definition) is 3. The van der Waals surface area contributed by atoms with E-state index in [-0.39, 0.29) is 25.7 Å². The highest BCUT2D eigenvalue weighted by atomic mass is 31.2. The average molecular weight is 1470 g/mol. The fourth-order valence-electron chi connectivity index (χ4n) is 12.4. The summed E-state index contributed by atoms with van der Waals surface area (Å²) < 4.78 is 68.7. The summed E-state index contributed by atoms with van der Waals surface area (Å²) in [6.45, 7) is 14.3. The molecule has 594 valence electrons. The van der Waals surface area contributed by atoms with E-state index in [9.17, 15) is 43.2 Å². The normalized spacial score (nSPS) is 14.6. The molecule has 0 amide bonds. The SMILES string of the molecule is CCC(C)CCCCCCCCCCCCCCCCCCCCC(=O)O[C@H](COC(=O)CCCCCCCCC(C)CC)COP(=O)(O)OC[C@H](O)COP(=O)(O)OC[C@@H](COC(=O)CCCCCCCCCCCCCC(C)C)OC(=O)CCCCCCCCCCCCCC(C)C. The van der Waals surface area contributed by atoms with Crippen molar-refractivity contribution in [3.8, 4) is 0 Å². The summed E-state index contributed by atoms with van der Waals surface area (Å²) in [7, 11) is -9.92. The smallest absolute Gasteiger partial charge is 0.462 e. The molecular weight excluding hydrogens is 1310 g/mol. The number of esters is 4. The zero-order chi connectivity index (χ0) is 73.8. The Balaban J connectivity index is 5.20. The molecule has 0 saturated carbocycles. The number of phosphoric ester groups is 2. The minimum absolute atomic E-state index is 0.106. The molecule has 4 unspecified atom stereocenters. The molecule has 0 rings (SSSR count). The number of carbonyl (C=O) groups excluding carboxylic acids is 4. The number of aliphatic hydroxyl groups excluding tert-OH is 1. The monoisotopic (exact) mass is 1470 g/mol. The molecule has 0 heterocycles. The van der Waals surface area contributed by atoms with Gasteiger partial charge in [0.1, 0.15) is 19.3 Å². The number of carbonyl (C=O) groups is 4. The molecule has 100 heavy (non-hydrogen) atoms. The minimum Gasteiger partial charge on any atom is -0.462 e. The Morgan fingerprint density at radius 2 is 0.480 bits per heavy atom. The van der Waals surface area contributed by atoms with Crippen molar-refractivity contribution < 1.29 is 80.2 Å². The van der Waals surface area contributed by atoms with E-state index >= 15 is 0 Å². The first kappa shape index (κ1) is 98.1. The lowest BCUT2D eigenvalue weighted by atomic mass is 9.99. The molecule has 0 aliphatic rings. The highest BCUT2D eigenvalue weighted by Gasteiger charge is 2.30. The lowest BCUT2D eigenvalue weighted by Gasteiger charge is -2.21. The molecule has 0 spiro atoms. The van der Waals surface area contributed by atoms with Crippen molar-refractivity contribution in [1.82, 2.24) is 0 Å². The number of hydrogen-bond acceptors (Lipinski definition) is 15. The molecule has 0 aromatic heterocycles. The van der Waals surface area contributed by atoms with Crippen LogP contribution < -0.4 is 0 Å². The van der Waals surface area contributed by atoms with Gasteiger partial charge in [0.25, 0.3) is 0 Å². The van der Waals surface area contributed by atoms with Gasteiger partial charge < -0.3 is 33.8 Å². The van der Waals surface area contributed by atoms with Crippen LogP contribution in [0.15, 0.2) is 0 Å². The Morgan fingerprint density at radius 3 is 0.710 bits per heavy atom. The van der Waals surface area contributed by atoms with Crippen LogP contribution in [-0.2, 0) is 65.4 Å². The van der Waals surface area contributed by atoms with E-state index in [0.717, 1.165) is 120 Å². The van der Waals surface area contributed by atoms with Crippen molar-refractivity contribution in [3.63, 3.8) is 0 Å². The minimum atomic E-state index is -4.96. The number of unbranched alkanes of at least 4 members (excludes halogenated alkanes) is 42. The van der Waals surface area contributed by atoms with Crippen LogP contribution in [0.2, 0.25) is 0 Å². The average Bonchev–Trinajstić information content (AvgIpc) is 0.925. The van der Waals surface area contributed by atoms with Gasteiger partial charge in [0.05, 0.1) is 26.4 Å². The molecule has 0 bridgehead atoms. The third kappa shape index (κ3) is 71.7. The lowest BCUT2D eigenvalue weighted by Crippen LogP contribution is -2.30. The summed E-state index contributed by atoms with van der Waals surface area (Å²) in [5.74, 6) is 1.02. The quantitative estimate of drug-likeness (QED) is 0.0222. The van der Waals surface area contributed by atoms with Gasteiger partial charge in [-0.15, -0.1) is 0 Å². The maximum Gasteiger partial charge on any atom is 0.472 e. The van der Waals surface area contributed by atoms with Crippen LogP contribution in [0.1, 0.15) is 415 Å². The second-order valence-electron chi connectivity index (χ2n) is 30.6. The lowest BCUT2D eigenvalue weighted by molar-refractivity contribution is -0.161. The molecule has 0 fully saturated rings. The summed E-state index contributed by atoms with van der Waals surface area (Å²) in [6, 6.07) is 0. The number of ether oxygens (including phenoxy) is 4. The first-order valence-electron chi connectivity index (χ1n) is 41.8. The highest BCUT2D eigenvalue weighted by molar-refractivity contribution is 7.47. The molecule has 0 aromatic rings. The number of phosphoric acid groups is 2. The van der Waals surface area contributed by atoms with Crippen molar-refractivity contribution in [2.45, 2.75) is 433 Å². The van der Waals surface area contributed by atoms with Crippen LogP contribution in [-0.4, -0.2) is 96.7 Å². The van der Waals surface area contributed by atoms with Crippen LogP contribution in [0.4, 0.5) is 0 Å². The Labute approximate surface area is 613 Å². The Morgan fingerprint density at radius 1 is 0.280 bits per heavy atom. The van der Waals surface area contributed by atoms with E-state index in [2.05, 4.69) is 55.4 Å². The van der Waals surface area contributed by atoms with Gasteiger partial charge in [-0.25, -0.2) is 9.13 Å². The van der Waals surface area contributed by atoms with E-state index < -0.39 is 97.5 Å². The van der Waals surface area contributed by atoms with Crippen molar-refractivity contribution in [2.24, 2.45) is 23.7 Å². The van der Waals surface area contributed by atoms with Gasteiger partial charge in [-0.2, -0.15) is 0 Å². The first-order valence-corrected chi connectivity index (χ1v) is 44.8. The van der Waals surface area contributed by atoms with E-state index in [1.165, 1.54) is 212 Å². The molecule has 19 heteroatoms. The van der Waals surface area contributed by atoms with Crippen molar-refractivity contribution in [3.05, 3.63) is 0 Å². The highest BCUT2D eigenvalue weighted by Crippen LogP contribution is 2.45. The Bertz CT molecular complexity index is 1960. The van der Waals surface area contributed by atoms with Gasteiger partial charge in [-0.3, -0.25) is 37.3 Å². The molecule has 3 N–H and O–H groups in total. The van der Waals surface area contributed by atoms with E-state index in [1.54, 1.807) is 0 Å².